The van der Waals surface area contributed by atoms with Crippen molar-refractivity contribution in [1.29, 1.82) is 0 Å². The maximum absolute atomic E-state index is 11.9. The zero-order valence-corrected chi connectivity index (χ0v) is 13.8. The van der Waals surface area contributed by atoms with Gasteiger partial charge >= 0.3 is 0 Å². The van der Waals surface area contributed by atoms with Crippen LogP contribution in [0.2, 0.25) is 10.0 Å². The summed E-state index contributed by atoms with van der Waals surface area (Å²) in [6.45, 7) is 2.22. The van der Waals surface area contributed by atoms with Crippen molar-refractivity contribution in [3.05, 3.63) is 28.2 Å². The number of hydrogen-bond acceptors (Lipinski definition) is 4. The number of hydrogen-bond donors (Lipinski definition) is 2. The first kappa shape index (κ1) is 18.5. The number of halogens is 2. The molecule has 1 atom stereocenters. The lowest BCUT2D eigenvalue weighted by Crippen LogP contribution is -2.43. The molecule has 0 spiro atoms. The minimum Gasteiger partial charge on any atom is -0.479 e. The number of ether oxygens (including phenoxy) is 2. The van der Waals surface area contributed by atoms with E-state index in [4.69, 9.17) is 32.7 Å². The third kappa shape index (κ3) is 6.51. The lowest BCUT2D eigenvalue weighted by atomic mass is 10.3. The Hall–Kier alpha value is -1.50. The minimum atomic E-state index is -0.801. The summed E-state index contributed by atoms with van der Waals surface area (Å²) in [5.74, 6) is -0.381. The summed E-state index contributed by atoms with van der Waals surface area (Å²) in [4.78, 5) is 23.3. The molecular formula is C14H18Cl2N2O4. The van der Waals surface area contributed by atoms with Gasteiger partial charge in [-0.3, -0.25) is 9.59 Å². The van der Waals surface area contributed by atoms with Gasteiger partial charge in [0.1, 0.15) is 5.75 Å². The average Bonchev–Trinajstić information content (AvgIpc) is 2.47. The molecule has 0 aliphatic heterocycles. The van der Waals surface area contributed by atoms with Crippen molar-refractivity contribution >= 4 is 35.0 Å². The van der Waals surface area contributed by atoms with Crippen LogP contribution in [0.5, 0.6) is 5.75 Å². The van der Waals surface area contributed by atoms with Crippen LogP contribution in [-0.4, -0.2) is 44.7 Å². The lowest BCUT2D eigenvalue weighted by molar-refractivity contribution is -0.130. The van der Waals surface area contributed by atoms with Crippen molar-refractivity contribution in [2.24, 2.45) is 0 Å². The molecule has 1 unspecified atom stereocenters. The minimum absolute atomic E-state index is 0.134. The summed E-state index contributed by atoms with van der Waals surface area (Å²) in [5, 5.41) is 5.85. The highest BCUT2D eigenvalue weighted by Gasteiger charge is 2.16. The zero-order chi connectivity index (χ0) is 16.5. The van der Waals surface area contributed by atoms with Gasteiger partial charge in [-0.2, -0.15) is 0 Å². The van der Waals surface area contributed by atoms with Gasteiger partial charge in [0, 0.05) is 18.7 Å². The Morgan fingerprint density at radius 3 is 2.64 bits per heavy atom. The van der Waals surface area contributed by atoms with Crippen LogP contribution >= 0.6 is 23.2 Å². The number of amides is 2. The summed E-state index contributed by atoms with van der Waals surface area (Å²) in [6, 6.07) is 4.70. The molecule has 0 radical (unpaired) electrons. The van der Waals surface area contributed by atoms with E-state index in [1.54, 1.807) is 19.1 Å². The van der Waals surface area contributed by atoms with Crippen LogP contribution in [0.25, 0.3) is 0 Å². The fourth-order valence-electron chi connectivity index (χ4n) is 1.48. The average molecular weight is 349 g/mol. The van der Waals surface area contributed by atoms with Gasteiger partial charge in [0.05, 0.1) is 18.2 Å². The Morgan fingerprint density at radius 1 is 1.27 bits per heavy atom. The maximum Gasteiger partial charge on any atom is 0.261 e. The normalized spacial score (nSPS) is 11.6. The molecule has 8 heteroatoms. The molecule has 0 saturated carbocycles. The van der Waals surface area contributed by atoms with E-state index in [0.29, 0.717) is 28.9 Å². The molecule has 0 aliphatic rings. The Labute approximate surface area is 139 Å². The molecule has 1 aromatic rings. The SMILES string of the molecule is COCCNC(=O)CNC(=O)C(C)Oc1ccc(Cl)cc1Cl. The molecule has 22 heavy (non-hydrogen) atoms. The fourth-order valence-corrected chi connectivity index (χ4v) is 1.93. The van der Waals surface area contributed by atoms with E-state index in [-0.39, 0.29) is 12.5 Å². The van der Waals surface area contributed by atoms with E-state index in [1.165, 1.54) is 13.2 Å². The zero-order valence-electron chi connectivity index (χ0n) is 12.3. The fraction of sp³-hybridized carbons (Fsp3) is 0.429. The van der Waals surface area contributed by atoms with Crippen molar-refractivity contribution < 1.29 is 19.1 Å². The Kier molecular flexibility index (Phi) is 8.01. The summed E-state index contributed by atoms with van der Waals surface area (Å²) >= 11 is 11.7. The summed E-state index contributed by atoms with van der Waals surface area (Å²) < 4.78 is 10.2. The first-order valence-electron chi connectivity index (χ1n) is 6.59. The molecule has 0 bridgehead atoms. The van der Waals surface area contributed by atoms with Crippen LogP contribution in [0.3, 0.4) is 0 Å². The lowest BCUT2D eigenvalue weighted by Gasteiger charge is -2.15. The number of nitrogens with one attached hydrogen (secondary N) is 2. The molecular weight excluding hydrogens is 331 g/mol. The van der Waals surface area contributed by atoms with E-state index in [1.807, 2.05) is 0 Å². The van der Waals surface area contributed by atoms with E-state index in [9.17, 15) is 9.59 Å². The smallest absolute Gasteiger partial charge is 0.261 e. The third-order valence-corrected chi connectivity index (χ3v) is 3.15. The molecule has 1 aromatic carbocycles. The van der Waals surface area contributed by atoms with Crippen LogP contribution in [0, 0.1) is 0 Å². The monoisotopic (exact) mass is 348 g/mol. The molecule has 1 rings (SSSR count). The molecule has 0 saturated heterocycles. The van der Waals surface area contributed by atoms with Gasteiger partial charge in [0.15, 0.2) is 6.10 Å². The van der Waals surface area contributed by atoms with Gasteiger partial charge in [0.25, 0.3) is 5.91 Å². The van der Waals surface area contributed by atoms with Crippen molar-refractivity contribution in [3.63, 3.8) is 0 Å². The predicted molar refractivity (Wildman–Crippen MR) is 84.4 cm³/mol. The van der Waals surface area contributed by atoms with Gasteiger partial charge in [-0.25, -0.2) is 0 Å². The first-order chi connectivity index (χ1) is 10.4. The largest absolute Gasteiger partial charge is 0.479 e. The highest BCUT2D eigenvalue weighted by Crippen LogP contribution is 2.28. The Bertz CT molecular complexity index is 526. The van der Waals surface area contributed by atoms with Crippen molar-refractivity contribution in [2.45, 2.75) is 13.0 Å². The van der Waals surface area contributed by atoms with Crippen molar-refractivity contribution in [3.8, 4) is 5.75 Å². The number of benzene rings is 1. The standard InChI is InChI=1S/C14H18Cl2N2O4/c1-9(22-12-4-3-10(15)7-11(12)16)14(20)18-8-13(19)17-5-6-21-2/h3-4,7,9H,5-6,8H2,1-2H3,(H,17,19)(H,18,20). The third-order valence-electron chi connectivity index (χ3n) is 2.62. The molecule has 0 heterocycles. The van der Waals surface area contributed by atoms with E-state index in [2.05, 4.69) is 10.6 Å². The van der Waals surface area contributed by atoms with E-state index >= 15 is 0 Å². The van der Waals surface area contributed by atoms with Gasteiger partial charge in [-0.05, 0) is 25.1 Å². The molecule has 122 valence electrons. The number of methoxy groups -OCH3 is 1. The summed E-state index contributed by atoms with van der Waals surface area (Å²) in [5.41, 5.74) is 0. The second-order valence-corrected chi connectivity index (χ2v) is 5.24. The molecule has 0 aliphatic carbocycles. The van der Waals surface area contributed by atoms with Gasteiger partial charge in [-0.15, -0.1) is 0 Å². The number of rotatable bonds is 8. The quantitative estimate of drug-likeness (QED) is 0.700. The second-order valence-electron chi connectivity index (χ2n) is 4.40. The van der Waals surface area contributed by atoms with E-state index in [0.717, 1.165) is 0 Å². The summed E-state index contributed by atoms with van der Waals surface area (Å²) in [6.07, 6.45) is -0.801. The molecule has 0 aromatic heterocycles. The Balaban J connectivity index is 2.40. The number of carbonyl (C=O) groups is 2. The van der Waals surface area contributed by atoms with Gasteiger partial charge in [-0.1, -0.05) is 23.2 Å². The Morgan fingerprint density at radius 2 is 2.00 bits per heavy atom. The van der Waals surface area contributed by atoms with Crippen LogP contribution in [0.4, 0.5) is 0 Å². The topological polar surface area (TPSA) is 76.7 Å². The predicted octanol–water partition coefficient (Wildman–Crippen LogP) is 1.64. The molecule has 2 N–H and O–H groups in total. The van der Waals surface area contributed by atoms with Crippen LogP contribution < -0.4 is 15.4 Å². The first-order valence-corrected chi connectivity index (χ1v) is 7.34. The highest BCUT2D eigenvalue weighted by molar-refractivity contribution is 6.35. The van der Waals surface area contributed by atoms with Gasteiger partial charge < -0.3 is 20.1 Å². The van der Waals surface area contributed by atoms with Crippen molar-refractivity contribution in [1.82, 2.24) is 10.6 Å². The van der Waals surface area contributed by atoms with Crippen LogP contribution in [0.15, 0.2) is 18.2 Å². The highest BCUT2D eigenvalue weighted by atomic mass is 35.5. The molecule has 2 amide bonds. The van der Waals surface area contributed by atoms with Crippen molar-refractivity contribution in [2.75, 3.05) is 26.8 Å². The van der Waals surface area contributed by atoms with E-state index < -0.39 is 12.0 Å². The number of carbonyl (C=O) groups excluding carboxylic acids is 2. The molecule has 0 fully saturated rings. The van der Waals surface area contributed by atoms with Gasteiger partial charge in [0.2, 0.25) is 5.91 Å². The maximum atomic E-state index is 11.9. The van der Waals surface area contributed by atoms with Crippen LogP contribution in [-0.2, 0) is 14.3 Å². The second kappa shape index (κ2) is 9.50. The van der Waals surface area contributed by atoms with Crippen LogP contribution in [0.1, 0.15) is 6.92 Å². The summed E-state index contributed by atoms with van der Waals surface area (Å²) in [7, 11) is 1.54. The molecule has 6 nitrogen and oxygen atoms in total.